The number of nitrogens with zero attached hydrogens (tertiary/aromatic N) is 2. The van der Waals surface area contributed by atoms with E-state index in [1.165, 1.54) is 12.1 Å². The van der Waals surface area contributed by atoms with Crippen molar-refractivity contribution in [3.63, 3.8) is 0 Å². The number of nitrogens with one attached hydrogen (secondary N) is 1. The van der Waals surface area contributed by atoms with Crippen LogP contribution in [0, 0.1) is 10.1 Å². The van der Waals surface area contributed by atoms with Gasteiger partial charge in [-0.25, -0.2) is 9.78 Å². The number of halogens is 3. The highest BCUT2D eigenvalue weighted by Crippen LogP contribution is 2.37. The third-order valence-corrected chi connectivity index (χ3v) is 2.95. The zero-order valence-corrected chi connectivity index (χ0v) is 12.1. The van der Waals surface area contributed by atoms with E-state index in [-0.39, 0.29) is 5.69 Å². The second kappa shape index (κ2) is 6.52. The molecule has 1 aromatic carbocycles. The summed E-state index contributed by atoms with van der Waals surface area (Å²) < 4.78 is 43.5. The molecule has 10 heteroatoms. The van der Waals surface area contributed by atoms with Crippen molar-refractivity contribution in [1.82, 2.24) is 4.98 Å². The molecule has 126 valence electrons. The summed E-state index contributed by atoms with van der Waals surface area (Å²) in [5, 5.41) is 13.3. The lowest BCUT2D eigenvalue weighted by Gasteiger charge is -2.14. The fourth-order valence-corrected chi connectivity index (χ4v) is 1.88. The molecule has 0 spiro atoms. The van der Waals surface area contributed by atoms with E-state index in [4.69, 9.17) is 0 Å². The lowest BCUT2D eigenvalue weighted by Crippen LogP contribution is -2.11. The first-order valence-electron chi connectivity index (χ1n) is 6.41. The van der Waals surface area contributed by atoms with Gasteiger partial charge in [0.15, 0.2) is 5.69 Å². The molecule has 7 nitrogen and oxygen atoms in total. The molecule has 1 heterocycles. The first-order chi connectivity index (χ1) is 11.2. The van der Waals surface area contributed by atoms with Gasteiger partial charge in [-0.05, 0) is 18.2 Å². The molecule has 2 aromatic rings. The van der Waals surface area contributed by atoms with Gasteiger partial charge in [-0.2, -0.15) is 13.2 Å². The number of carbonyl (C=O) groups excluding carboxylic acids is 1. The zero-order valence-electron chi connectivity index (χ0n) is 12.1. The number of para-hydroxylation sites is 1. The molecule has 0 aliphatic heterocycles. The molecule has 1 aromatic heterocycles. The normalized spacial score (nSPS) is 11.0. The number of hydrogen-bond donors (Lipinski definition) is 1. The number of rotatable bonds is 4. The van der Waals surface area contributed by atoms with Crippen molar-refractivity contribution in [1.29, 1.82) is 0 Å². The van der Waals surface area contributed by atoms with Crippen LogP contribution in [-0.4, -0.2) is 23.0 Å². The summed E-state index contributed by atoms with van der Waals surface area (Å²) in [5.74, 6) is -1.38. The number of esters is 1. The fraction of sp³-hybridized carbons (Fsp3) is 0.143. The van der Waals surface area contributed by atoms with E-state index in [1.54, 1.807) is 0 Å². The van der Waals surface area contributed by atoms with Crippen LogP contribution in [0.5, 0.6) is 0 Å². The minimum atomic E-state index is -4.67. The summed E-state index contributed by atoms with van der Waals surface area (Å²) in [6, 6.07) is 6.42. The Hall–Kier alpha value is -3.17. The molecule has 0 radical (unpaired) electrons. The van der Waals surface area contributed by atoms with Crippen LogP contribution in [0.1, 0.15) is 16.1 Å². The van der Waals surface area contributed by atoms with Crippen molar-refractivity contribution >= 4 is 23.2 Å². The van der Waals surface area contributed by atoms with E-state index >= 15 is 0 Å². The molecular weight excluding hydrogens is 331 g/mol. The van der Waals surface area contributed by atoms with Gasteiger partial charge in [-0.3, -0.25) is 10.1 Å². The molecule has 0 aliphatic rings. The lowest BCUT2D eigenvalue weighted by atomic mass is 10.1. The molecule has 24 heavy (non-hydrogen) atoms. The third kappa shape index (κ3) is 3.59. The van der Waals surface area contributed by atoms with Crippen LogP contribution in [0.4, 0.5) is 30.4 Å². The highest BCUT2D eigenvalue weighted by atomic mass is 19.4. The van der Waals surface area contributed by atoms with Gasteiger partial charge in [-0.15, -0.1) is 0 Å². The van der Waals surface area contributed by atoms with Crippen LogP contribution < -0.4 is 5.32 Å². The zero-order chi connectivity index (χ0) is 17.9. The first-order valence-corrected chi connectivity index (χ1v) is 6.41. The maximum atomic E-state index is 13.0. The molecule has 2 rings (SSSR count). The van der Waals surface area contributed by atoms with Crippen molar-refractivity contribution < 1.29 is 27.6 Å². The predicted octanol–water partition coefficient (Wildman–Crippen LogP) is 3.54. The Morgan fingerprint density at radius 1 is 1.25 bits per heavy atom. The van der Waals surface area contributed by atoms with Gasteiger partial charge in [0.05, 0.1) is 23.3 Å². The van der Waals surface area contributed by atoms with Crippen LogP contribution in [0.2, 0.25) is 0 Å². The van der Waals surface area contributed by atoms with E-state index in [0.717, 1.165) is 31.4 Å². The molecule has 0 bridgehead atoms. The Morgan fingerprint density at radius 2 is 1.92 bits per heavy atom. The predicted molar refractivity (Wildman–Crippen MR) is 77.0 cm³/mol. The average molecular weight is 341 g/mol. The first kappa shape index (κ1) is 17.2. The number of nitro groups is 1. The van der Waals surface area contributed by atoms with Crippen molar-refractivity contribution in [3.05, 3.63) is 57.8 Å². The van der Waals surface area contributed by atoms with Crippen molar-refractivity contribution in [2.24, 2.45) is 0 Å². The van der Waals surface area contributed by atoms with Gasteiger partial charge in [-0.1, -0.05) is 12.1 Å². The molecule has 1 N–H and O–H groups in total. The van der Waals surface area contributed by atoms with Crippen LogP contribution >= 0.6 is 0 Å². The number of alkyl halides is 3. The minimum absolute atomic E-state index is 0.282. The number of anilines is 2. The number of benzene rings is 1. The van der Waals surface area contributed by atoms with Gasteiger partial charge in [0.1, 0.15) is 0 Å². The van der Waals surface area contributed by atoms with Gasteiger partial charge >= 0.3 is 17.8 Å². The maximum absolute atomic E-state index is 13.0. The van der Waals surface area contributed by atoms with E-state index in [1.807, 2.05) is 0 Å². The number of aromatic nitrogens is 1. The van der Waals surface area contributed by atoms with E-state index in [2.05, 4.69) is 15.0 Å². The standard InChI is InChI=1S/C14H10F3N3O4/c1-24-13(21)10-6-7-11(20(22)23)12(19-10)18-9-5-3-2-4-8(9)14(15,16)17/h2-7H,1H3,(H,18,19). The van der Waals surface area contributed by atoms with Crippen LogP contribution in [0.25, 0.3) is 0 Å². The Balaban J connectivity index is 2.53. The summed E-state index contributed by atoms with van der Waals surface area (Å²) in [5.41, 5.74) is -2.32. The third-order valence-electron chi connectivity index (χ3n) is 2.95. The minimum Gasteiger partial charge on any atom is -0.464 e. The SMILES string of the molecule is COC(=O)c1ccc([N+](=O)[O-])c(Nc2ccccc2C(F)(F)F)n1. The van der Waals surface area contributed by atoms with E-state index in [0.29, 0.717) is 0 Å². The summed E-state index contributed by atoms with van der Waals surface area (Å²) >= 11 is 0. The van der Waals surface area contributed by atoms with Gasteiger partial charge < -0.3 is 10.1 Å². The number of pyridine rings is 1. The summed E-state index contributed by atoms with van der Waals surface area (Å²) in [4.78, 5) is 25.4. The van der Waals surface area contributed by atoms with Crippen molar-refractivity contribution in [3.8, 4) is 0 Å². The highest BCUT2D eigenvalue weighted by molar-refractivity contribution is 5.88. The quantitative estimate of drug-likeness (QED) is 0.519. The Bertz CT molecular complexity index is 793. The monoisotopic (exact) mass is 341 g/mol. The van der Waals surface area contributed by atoms with Gasteiger partial charge in [0, 0.05) is 6.07 Å². The van der Waals surface area contributed by atoms with Gasteiger partial charge in [0.25, 0.3) is 0 Å². The van der Waals surface area contributed by atoms with Gasteiger partial charge in [0.2, 0.25) is 5.82 Å². The molecule has 0 fully saturated rings. The van der Waals surface area contributed by atoms with Crippen LogP contribution in [0.3, 0.4) is 0 Å². The summed E-state index contributed by atoms with van der Waals surface area (Å²) in [6.07, 6.45) is -4.67. The second-order valence-electron chi connectivity index (χ2n) is 4.48. The summed E-state index contributed by atoms with van der Waals surface area (Å²) in [6.45, 7) is 0. The number of hydrogen-bond acceptors (Lipinski definition) is 6. The highest BCUT2D eigenvalue weighted by Gasteiger charge is 2.34. The van der Waals surface area contributed by atoms with Crippen molar-refractivity contribution in [2.75, 3.05) is 12.4 Å². The molecule has 0 atom stereocenters. The smallest absolute Gasteiger partial charge is 0.418 e. The number of carbonyl (C=O) groups is 1. The van der Waals surface area contributed by atoms with Crippen molar-refractivity contribution in [2.45, 2.75) is 6.18 Å². The topological polar surface area (TPSA) is 94.4 Å². The molecule has 0 saturated carbocycles. The van der Waals surface area contributed by atoms with Crippen LogP contribution in [-0.2, 0) is 10.9 Å². The molecule has 0 amide bonds. The lowest BCUT2D eigenvalue weighted by molar-refractivity contribution is -0.384. The van der Waals surface area contributed by atoms with Crippen LogP contribution in [0.15, 0.2) is 36.4 Å². The largest absolute Gasteiger partial charge is 0.464 e. The average Bonchev–Trinajstić information content (AvgIpc) is 2.53. The molecule has 0 saturated heterocycles. The number of ether oxygens (including phenoxy) is 1. The Morgan fingerprint density at radius 3 is 2.50 bits per heavy atom. The molecule has 0 aliphatic carbocycles. The summed E-state index contributed by atoms with van der Waals surface area (Å²) in [7, 11) is 1.08. The van der Waals surface area contributed by atoms with E-state index in [9.17, 15) is 28.1 Å². The Kier molecular flexibility index (Phi) is 4.67. The fourth-order valence-electron chi connectivity index (χ4n) is 1.88. The molecular formula is C14H10F3N3O4. The number of methoxy groups -OCH3 is 1. The Labute approximate surface area is 133 Å². The molecule has 0 unspecified atom stereocenters. The van der Waals surface area contributed by atoms with E-state index < -0.39 is 39.8 Å². The maximum Gasteiger partial charge on any atom is 0.418 e. The second-order valence-corrected chi connectivity index (χ2v) is 4.48.